The highest BCUT2D eigenvalue weighted by Gasteiger charge is 2.26. The maximum Gasteiger partial charge on any atom is 0.472 e. The molecule has 0 aromatic rings. The molecular formula is C56H98NO8P. The van der Waals surface area contributed by atoms with Gasteiger partial charge in [0.25, 0.3) is 0 Å². The van der Waals surface area contributed by atoms with Gasteiger partial charge in [0.1, 0.15) is 6.61 Å². The van der Waals surface area contributed by atoms with Crippen molar-refractivity contribution < 1.29 is 37.6 Å². The summed E-state index contributed by atoms with van der Waals surface area (Å²) in [6.07, 6.45) is 66.4. The van der Waals surface area contributed by atoms with E-state index in [1.165, 1.54) is 96.3 Å². The zero-order chi connectivity index (χ0) is 48.1. The van der Waals surface area contributed by atoms with E-state index >= 15 is 0 Å². The summed E-state index contributed by atoms with van der Waals surface area (Å²) in [6, 6.07) is 0. The zero-order valence-electron chi connectivity index (χ0n) is 42.2. The number of carbonyl (C=O) groups is 2. The summed E-state index contributed by atoms with van der Waals surface area (Å²) in [5.74, 6) is -0.840. The molecule has 0 saturated heterocycles. The highest BCUT2D eigenvalue weighted by molar-refractivity contribution is 7.47. The second kappa shape index (κ2) is 51.6. The van der Waals surface area contributed by atoms with Crippen LogP contribution >= 0.6 is 7.82 Å². The molecule has 380 valence electrons. The van der Waals surface area contributed by atoms with Crippen molar-refractivity contribution in [2.24, 2.45) is 5.73 Å². The van der Waals surface area contributed by atoms with E-state index in [1.807, 2.05) is 0 Å². The normalized spacial score (nSPS) is 13.8. The van der Waals surface area contributed by atoms with E-state index in [-0.39, 0.29) is 32.6 Å². The van der Waals surface area contributed by atoms with Gasteiger partial charge in [0.2, 0.25) is 0 Å². The molecule has 3 N–H and O–H groups in total. The summed E-state index contributed by atoms with van der Waals surface area (Å²) in [5, 5.41) is 0. The fraction of sp³-hybridized carbons (Fsp3) is 0.714. The van der Waals surface area contributed by atoms with Crippen molar-refractivity contribution in [3.8, 4) is 0 Å². The monoisotopic (exact) mass is 944 g/mol. The molecule has 2 unspecified atom stereocenters. The Hall–Kier alpha value is -2.81. The quantitative estimate of drug-likeness (QED) is 0.0265. The molecule has 0 fully saturated rings. The van der Waals surface area contributed by atoms with Crippen molar-refractivity contribution in [2.75, 3.05) is 26.4 Å². The number of phosphoric ester groups is 1. The van der Waals surface area contributed by atoms with Crippen molar-refractivity contribution >= 4 is 19.8 Å². The second-order valence-electron chi connectivity index (χ2n) is 17.4. The molecule has 2 atom stereocenters. The molecule has 9 nitrogen and oxygen atoms in total. The van der Waals surface area contributed by atoms with Gasteiger partial charge in [0.05, 0.1) is 13.2 Å². The van der Waals surface area contributed by atoms with Crippen LogP contribution in [-0.2, 0) is 32.7 Å². The number of esters is 2. The summed E-state index contributed by atoms with van der Waals surface area (Å²) >= 11 is 0. The number of hydrogen-bond acceptors (Lipinski definition) is 8. The molecule has 0 aliphatic heterocycles. The van der Waals surface area contributed by atoms with Crippen LogP contribution in [0.3, 0.4) is 0 Å². The molecule has 0 rings (SSSR count). The van der Waals surface area contributed by atoms with Gasteiger partial charge in [0.15, 0.2) is 6.10 Å². The third-order valence-electron chi connectivity index (χ3n) is 11.0. The van der Waals surface area contributed by atoms with Gasteiger partial charge in [0, 0.05) is 19.4 Å². The van der Waals surface area contributed by atoms with Crippen LogP contribution in [0.2, 0.25) is 0 Å². The van der Waals surface area contributed by atoms with Gasteiger partial charge >= 0.3 is 19.8 Å². The molecule has 0 radical (unpaired) electrons. The minimum absolute atomic E-state index is 0.0498. The predicted molar refractivity (Wildman–Crippen MR) is 279 cm³/mol. The Morgan fingerprint density at radius 3 is 1.26 bits per heavy atom. The van der Waals surface area contributed by atoms with Crippen molar-refractivity contribution in [3.63, 3.8) is 0 Å². The summed E-state index contributed by atoms with van der Waals surface area (Å²) in [7, 11) is -4.38. The fourth-order valence-corrected chi connectivity index (χ4v) is 7.87. The minimum atomic E-state index is -4.38. The van der Waals surface area contributed by atoms with Gasteiger partial charge < -0.3 is 20.1 Å². The Morgan fingerprint density at radius 1 is 0.470 bits per heavy atom. The lowest BCUT2D eigenvalue weighted by molar-refractivity contribution is -0.161. The van der Waals surface area contributed by atoms with Crippen LogP contribution in [0, 0.1) is 0 Å². The molecule has 0 bridgehead atoms. The number of carbonyl (C=O) groups excluding carboxylic acids is 2. The van der Waals surface area contributed by atoms with E-state index < -0.39 is 32.5 Å². The molecule has 0 aliphatic rings. The van der Waals surface area contributed by atoms with Gasteiger partial charge in [-0.2, -0.15) is 0 Å². The predicted octanol–water partition coefficient (Wildman–Crippen LogP) is 16.3. The van der Waals surface area contributed by atoms with E-state index in [2.05, 4.69) is 98.9 Å². The lowest BCUT2D eigenvalue weighted by atomic mass is 10.0. The molecule has 66 heavy (non-hydrogen) atoms. The molecule has 0 aromatic heterocycles. The number of phosphoric acid groups is 1. The average molecular weight is 944 g/mol. The second-order valence-corrected chi connectivity index (χ2v) is 18.8. The number of rotatable bonds is 49. The highest BCUT2D eigenvalue weighted by atomic mass is 31.2. The van der Waals surface area contributed by atoms with E-state index in [4.69, 9.17) is 24.3 Å². The van der Waals surface area contributed by atoms with Crippen LogP contribution in [0.25, 0.3) is 0 Å². The highest BCUT2D eigenvalue weighted by Crippen LogP contribution is 2.43. The van der Waals surface area contributed by atoms with Crippen LogP contribution in [0.1, 0.15) is 226 Å². The minimum Gasteiger partial charge on any atom is -0.462 e. The standard InChI is InChI=1S/C56H98NO8P/c1-3-5-7-9-11-13-15-17-18-19-20-21-22-23-24-25-26-27-28-29-30-31-32-33-34-35-36-37-39-41-43-45-47-49-56(59)65-54(53-64-66(60,61)63-51-50-57)52-62-55(58)48-46-44-42-40-38-16-14-12-10-8-6-4-2/h5,7,11-14,17-18,20-21,23-24,26-27,54H,3-4,6,8-10,15-16,19,22,25,28-53,57H2,1-2H3,(H,60,61)/b7-5-,13-11-,14-12-,18-17-,21-20-,24-23-,27-26-. The number of unbranched alkanes of at least 4 members (excludes halogenated alkanes) is 22. The van der Waals surface area contributed by atoms with Gasteiger partial charge in [-0.1, -0.05) is 208 Å². The van der Waals surface area contributed by atoms with E-state index in [9.17, 15) is 19.0 Å². The largest absolute Gasteiger partial charge is 0.472 e. The third kappa shape index (κ3) is 50.6. The Balaban J connectivity index is 3.93. The summed E-state index contributed by atoms with van der Waals surface area (Å²) < 4.78 is 32.9. The van der Waals surface area contributed by atoms with Crippen LogP contribution in [0.15, 0.2) is 85.1 Å². The van der Waals surface area contributed by atoms with Crippen LogP contribution in [0.4, 0.5) is 0 Å². The maximum absolute atomic E-state index is 12.7. The molecule has 10 heteroatoms. The maximum atomic E-state index is 12.7. The van der Waals surface area contributed by atoms with Crippen molar-refractivity contribution in [1.29, 1.82) is 0 Å². The smallest absolute Gasteiger partial charge is 0.462 e. The average Bonchev–Trinajstić information content (AvgIpc) is 3.31. The Kier molecular flexibility index (Phi) is 49.4. The van der Waals surface area contributed by atoms with Crippen molar-refractivity contribution in [2.45, 2.75) is 232 Å². The molecule has 0 heterocycles. The number of nitrogens with two attached hydrogens (primary N) is 1. The third-order valence-corrected chi connectivity index (χ3v) is 12.0. The van der Waals surface area contributed by atoms with Crippen molar-refractivity contribution in [3.05, 3.63) is 85.1 Å². The lowest BCUT2D eigenvalue weighted by Gasteiger charge is -2.19. The molecule has 0 aliphatic carbocycles. The zero-order valence-corrected chi connectivity index (χ0v) is 43.0. The Bertz CT molecular complexity index is 1350. The van der Waals surface area contributed by atoms with E-state index in [1.54, 1.807) is 0 Å². The number of allylic oxidation sites excluding steroid dienone is 14. The van der Waals surface area contributed by atoms with Gasteiger partial charge in [-0.15, -0.1) is 0 Å². The van der Waals surface area contributed by atoms with Crippen LogP contribution in [0.5, 0.6) is 0 Å². The van der Waals surface area contributed by atoms with E-state index in [0.29, 0.717) is 6.42 Å². The molecule has 0 spiro atoms. The lowest BCUT2D eigenvalue weighted by Crippen LogP contribution is -2.29. The molecular weight excluding hydrogens is 846 g/mol. The van der Waals surface area contributed by atoms with Crippen molar-refractivity contribution in [1.82, 2.24) is 0 Å². The Morgan fingerprint density at radius 2 is 0.833 bits per heavy atom. The number of ether oxygens (including phenoxy) is 2. The topological polar surface area (TPSA) is 134 Å². The fourth-order valence-electron chi connectivity index (χ4n) is 7.10. The van der Waals surface area contributed by atoms with E-state index in [0.717, 1.165) is 96.3 Å². The molecule has 0 saturated carbocycles. The molecule has 0 amide bonds. The summed E-state index contributed by atoms with van der Waals surface area (Å²) in [4.78, 5) is 35.0. The van der Waals surface area contributed by atoms with Crippen LogP contribution in [-0.4, -0.2) is 49.3 Å². The van der Waals surface area contributed by atoms with Crippen LogP contribution < -0.4 is 5.73 Å². The molecule has 0 aromatic carbocycles. The number of hydrogen-bond donors (Lipinski definition) is 2. The first-order valence-corrected chi connectivity index (χ1v) is 28.1. The summed E-state index contributed by atoms with van der Waals surface area (Å²) in [6.45, 7) is 3.59. The SMILES string of the molecule is CC/C=C\C/C=C\C/C=C\C/C=C\C/C=C\C/C=C\CCCCCCCCCCCCCCCCC(=O)OC(COC(=O)CCCCCCC/C=C\CCCCC)COP(=O)(O)OCCN. The summed E-state index contributed by atoms with van der Waals surface area (Å²) in [5.41, 5.74) is 5.36. The van der Waals surface area contributed by atoms with Gasteiger partial charge in [-0.25, -0.2) is 4.57 Å². The Labute approximate surface area is 404 Å². The first kappa shape index (κ1) is 63.2. The van der Waals surface area contributed by atoms with Gasteiger partial charge in [-0.3, -0.25) is 18.6 Å². The first-order valence-electron chi connectivity index (χ1n) is 26.6. The van der Waals surface area contributed by atoms with Gasteiger partial charge in [-0.05, 0) is 89.9 Å². The first-order chi connectivity index (χ1) is 32.3.